The highest BCUT2D eigenvalue weighted by atomic mass is 32.1. The summed E-state index contributed by atoms with van der Waals surface area (Å²) in [6.45, 7) is 2.02. The summed E-state index contributed by atoms with van der Waals surface area (Å²) in [6, 6.07) is 22.8. The molecule has 0 spiro atoms. The predicted molar refractivity (Wildman–Crippen MR) is 133 cm³/mol. The molecule has 1 amide bonds. The number of carbonyl (C=O) groups excluding carboxylic acids is 1. The number of anilines is 1. The molecule has 0 aliphatic carbocycles. The van der Waals surface area contributed by atoms with E-state index in [1.807, 2.05) is 49.4 Å². The van der Waals surface area contributed by atoms with Crippen LogP contribution >= 0.6 is 11.3 Å². The molecule has 2 aromatic heterocycles. The van der Waals surface area contributed by atoms with Gasteiger partial charge in [-0.15, -0.1) is 11.3 Å². The molecule has 3 aromatic carbocycles. The van der Waals surface area contributed by atoms with Crippen LogP contribution in [0.3, 0.4) is 0 Å². The van der Waals surface area contributed by atoms with E-state index < -0.39 is 11.7 Å². The summed E-state index contributed by atoms with van der Waals surface area (Å²) in [5, 5.41) is 9.81. The van der Waals surface area contributed by atoms with Crippen LogP contribution in [0.15, 0.2) is 85.1 Å². The number of phenolic OH excluding ortho intramolecular Hbond substituents is 1. The summed E-state index contributed by atoms with van der Waals surface area (Å²) in [6.07, 6.45) is 1.43. The van der Waals surface area contributed by atoms with Crippen molar-refractivity contribution in [1.82, 2.24) is 9.97 Å². The van der Waals surface area contributed by atoms with E-state index in [9.17, 15) is 14.3 Å². The van der Waals surface area contributed by atoms with E-state index in [0.29, 0.717) is 11.0 Å². The number of hydrogen-bond acceptors (Lipinski definition) is 5. The van der Waals surface area contributed by atoms with E-state index in [4.69, 9.17) is 0 Å². The molecule has 0 aliphatic rings. The number of fused-ring (bicyclic) bond motifs is 1. The second-order valence-electron chi connectivity index (χ2n) is 7.85. The van der Waals surface area contributed by atoms with E-state index in [1.54, 1.807) is 30.3 Å². The summed E-state index contributed by atoms with van der Waals surface area (Å²) in [5.41, 5.74) is 3.36. The molecule has 0 saturated carbocycles. The average Bonchev–Trinajstić information content (AvgIpc) is 3.33. The van der Waals surface area contributed by atoms with Crippen molar-refractivity contribution in [3.63, 3.8) is 0 Å². The topological polar surface area (TPSA) is 66.3 Å². The maximum absolute atomic E-state index is 14.8. The van der Waals surface area contributed by atoms with E-state index >= 15 is 0 Å². The third-order valence-electron chi connectivity index (χ3n) is 5.51. The van der Waals surface area contributed by atoms with Crippen LogP contribution in [0.25, 0.3) is 21.5 Å². The van der Waals surface area contributed by atoms with E-state index in [-0.39, 0.29) is 23.7 Å². The number of para-hydroxylation sites is 3. The summed E-state index contributed by atoms with van der Waals surface area (Å²) >= 11 is 1.51. The Labute approximate surface area is 199 Å². The van der Waals surface area contributed by atoms with Crippen LogP contribution < -0.4 is 4.90 Å². The fraction of sp³-hybridized carbons (Fsp3) is 0.0741. The lowest BCUT2D eigenvalue weighted by Gasteiger charge is -2.22. The number of phenols is 1. The van der Waals surface area contributed by atoms with Crippen molar-refractivity contribution in [2.75, 3.05) is 4.90 Å². The number of nitrogens with zero attached hydrogens (tertiary/aromatic N) is 3. The third-order valence-corrected chi connectivity index (χ3v) is 6.63. The van der Waals surface area contributed by atoms with Gasteiger partial charge in [0.2, 0.25) is 0 Å². The molecule has 2 heterocycles. The molecule has 0 unspecified atom stereocenters. The molecule has 5 nitrogen and oxygen atoms in total. The number of aromatic hydroxyl groups is 1. The van der Waals surface area contributed by atoms with Crippen LogP contribution in [-0.4, -0.2) is 21.0 Å². The Morgan fingerprint density at radius 3 is 2.56 bits per heavy atom. The Kier molecular flexibility index (Phi) is 5.77. The van der Waals surface area contributed by atoms with Gasteiger partial charge in [-0.1, -0.05) is 24.3 Å². The number of benzene rings is 3. The van der Waals surface area contributed by atoms with Gasteiger partial charge in [0.25, 0.3) is 5.91 Å². The Hall–Kier alpha value is -4.10. The first kappa shape index (κ1) is 21.7. The fourth-order valence-corrected chi connectivity index (χ4v) is 4.71. The van der Waals surface area contributed by atoms with Crippen molar-refractivity contribution in [3.8, 4) is 16.2 Å². The normalized spacial score (nSPS) is 11.0. The SMILES string of the molecule is Cc1cc(-c2ccc(CN(C(=O)c3cnc4ccccc4n3)c3ccccc3F)s2)ccc1O. The van der Waals surface area contributed by atoms with Gasteiger partial charge in [-0.25, -0.2) is 9.37 Å². The van der Waals surface area contributed by atoms with Gasteiger partial charge in [0, 0.05) is 9.75 Å². The van der Waals surface area contributed by atoms with Gasteiger partial charge in [0.05, 0.1) is 29.5 Å². The zero-order chi connectivity index (χ0) is 23.7. The highest BCUT2D eigenvalue weighted by Crippen LogP contribution is 2.33. The van der Waals surface area contributed by atoms with Gasteiger partial charge in [-0.2, -0.15) is 0 Å². The lowest BCUT2D eigenvalue weighted by molar-refractivity contribution is 0.0979. The lowest BCUT2D eigenvalue weighted by atomic mass is 10.1. The van der Waals surface area contributed by atoms with Crippen molar-refractivity contribution in [1.29, 1.82) is 0 Å². The van der Waals surface area contributed by atoms with Gasteiger partial charge in [0.15, 0.2) is 0 Å². The van der Waals surface area contributed by atoms with Gasteiger partial charge in [-0.05, 0) is 72.6 Å². The van der Waals surface area contributed by atoms with Gasteiger partial charge >= 0.3 is 0 Å². The van der Waals surface area contributed by atoms with E-state index in [2.05, 4.69) is 9.97 Å². The predicted octanol–water partition coefficient (Wildman–Crippen LogP) is 6.36. The maximum atomic E-state index is 14.8. The second kappa shape index (κ2) is 9.03. The maximum Gasteiger partial charge on any atom is 0.278 e. The molecular weight excluding hydrogens is 449 g/mol. The van der Waals surface area contributed by atoms with Crippen LogP contribution in [0.4, 0.5) is 10.1 Å². The molecule has 0 saturated heterocycles. The van der Waals surface area contributed by atoms with E-state index in [1.165, 1.54) is 28.5 Å². The Morgan fingerprint density at radius 1 is 1.00 bits per heavy atom. The molecule has 7 heteroatoms. The zero-order valence-electron chi connectivity index (χ0n) is 18.3. The standard InChI is InChI=1S/C27H20FN3O2S/c1-17-14-18(10-12-25(17)32)26-13-11-19(34-26)16-31(24-9-5-2-6-20(24)28)27(33)23-15-29-21-7-3-4-8-22(21)30-23/h2-15,32H,16H2,1H3. The molecule has 0 radical (unpaired) electrons. The molecule has 0 fully saturated rings. The van der Waals surface area contributed by atoms with Crippen molar-refractivity contribution >= 4 is 34.0 Å². The number of carbonyl (C=O) groups is 1. The van der Waals surface area contributed by atoms with Gasteiger partial charge < -0.3 is 5.11 Å². The minimum atomic E-state index is -0.490. The quantitative estimate of drug-likeness (QED) is 0.325. The van der Waals surface area contributed by atoms with Gasteiger partial charge in [0.1, 0.15) is 17.3 Å². The Morgan fingerprint density at radius 2 is 1.76 bits per heavy atom. The Balaban J connectivity index is 1.51. The number of aryl methyl sites for hydroxylation is 1. The number of thiophene rings is 1. The number of rotatable bonds is 5. The van der Waals surface area contributed by atoms with Crippen molar-refractivity contribution in [2.45, 2.75) is 13.5 Å². The molecule has 0 bridgehead atoms. The third kappa shape index (κ3) is 4.25. The van der Waals surface area contributed by atoms with Crippen LogP contribution in [0.1, 0.15) is 20.9 Å². The lowest BCUT2D eigenvalue weighted by Crippen LogP contribution is -2.31. The first-order valence-electron chi connectivity index (χ1n) is 10.7. The zero-order valence-corrected chi connectivity index (χ0v) is 19.1. The van der Waals surface area contributed by atoms with Crippen molar-refractivity contribution in [2.24, 2.45) is 0 Å². The van der Waals surface area contributed by atoms with Gasteiger partial charge in [-0.3, -0.25) is 14.7 Å². The number of amides is 1. The molecule has 5 rings (SSSR count). The minimum Gasteiger partial charge on any atom is -0.508 e. The van der Waals surface area contributed by atoms with Crippen molar-refractivity contribution in [3.05, 3.63) is 107 Å². The molecule has 34 heavy (non-hydrogen) atoms. The monoisotopic (exact) mass is 469 g/mol. The number of aromatic nitrogens is 2. The highest BCUT2D eigenvalue weighted by molar-refractivity contribution is 7.15. The summed E-state index contributed by atoms with van der Waals surface area (Å²) in [5.74, 6) is -0.678. The molecule has 1 N–H and O–H groups in total. The van der Waals surface area contributed by atoms with E-state index in [0.717, 1.165) is 20.9 Å². The smallest absolute Gasteiger partial charge is 0.278 e. The summed E-state index contributed by atoms with van der Waals surface area (Å²) < 4.78 is 14.8. The first-order chi connectivity index (χ1) is 16.5. The number of hydrogen-bond donors (Lipinski definition) is 1. The molecule has 168 valence electrons. The van der Waals surface area contributed by atoms with Crippen LogP contribution in [0.2, 0.25) is 0 Å². The summed E-state index contributed by atoms with van der Waals surface area (Å²) in [4.78, 5) is 25.6. The van der Waals surface area contributed by atoms with Crippen LogP contribution in [-0.2, 0) is 6.54 Å². The highest BCUT2D eigenvalue weighted by Gasteiger charge is 2.23. The average molecular weight is 470 g/mol. The largest absolute Gasteiger partial charge is 0.508 e. The van der Waals surface area contributed by atoms with Crippen LogP contribution in [0.5, 0.6) is 5.75 Å². The fourth-order valence-electron chi connectivity index (χ4n) is 3.72. The second-order valence-corrected chi connectivity index (χ2v) is 9.02. The Bertz CT molecular complexity index is 1520. The van der Waals surface area contributed by atoms with Crippen molar-refractivity contribution < 1.29 is 14.3 Å². The molecule has 0 aliphatic heterocycles. The minimum absolute atomic E-state index is 0.146. The van der Waals surface area contributed by atoms with Crippen LogP contribution in [0, 0.1) is 12.7 Å². The molecule has 5 aromatic rings. The molecule has 0 atom stereocenters. The first-order valence-corrected chi connectivity index (χ1v) is 11.5. The summed E-state index contributed by atoms with van der Waals surface area (Å²) in [7, 11) is 0. The molecular formula is C27H20FN3O2S. The number of halogens is 1.